The minimum absolute atomic E-state index is 0.0336. The molecule has 1 aromatic heterocycles. The lowest BCUT2D eigenvalue weighted by Crippen LogP contribution is -2.14. The average molecular weight is 395 g/mol. The Morgan fingerprint density at radius 1 is 1.00 bits per heavy atom. The fraction of sp³-hybridized carbons (Fsp3) is 0.235. The second-order valence-corrected chi connectivity index (χ2v) is 7.44. The van der Waals surface area contributed by atoms with Crippen molar-refractivity contribution in [2.75, 3.05) is 6.61 Å². The molecule has 0 saturated heterocycles. The van der Waals surface area contributed by atoms with E-state index in [4.69, 9.17) is 4.74 Å². The Morgan fingerprint density at radius 2 is 1.70 bits per heavy atom. The maximum absolute atomic E-state index is 11.9. The number of carbonyl (C=O) groups is 3. The van der Waals surface area contributed by atoms with Crippen molar-refractivity contribution in [1.29, 1.82) is 0 Å². The van der Waals surface area contributed by atoms with Gasteiger partial charge in [0.25, 0.3) is 0 Å². The Kier molecular flexibility index (Phi) is 6.24. The number of benzene rings is 1. The number of hydrogen-bond acceptors (Lipinski definition) is 5. The normalized spacial score (nSPS) is 10.3. The molecule has 4 nitrogen and oxygen atoms in total. The molecule has 0 spiro atoms. The van der Waals surface area contributed by atoms with E-state index in [1.54, 1.807) is 24.3 Å². The molecular formula is C17H15BrO4S. The smallest absolute Gasteiger partial charge is 0.306 e. The first-order valence-electron chi connectivity index (χ1n) is 7.00. The molecule has 0 atom stereocenters. The summed E-state index contributed by atoms with van der Waals surface area (Å²) in [7, 11) is 0. The van der Waals surface area contributed by atoms with E-state index in [1.165, 1.54) is 11.3 Å². The maximum Gasteiger partial charge on any atom is 0.306 e. The number of carbonyl (C=O) groups excluding carboxylic acids is 3. The highest BCUT2D eigenvalue weighted by molar-refractivity contribution is 9.11. The summed E-state index contributed by atoms with van der Waals surface area (Å²) >= 11 is 4.55. The van der Waals surface area contributed by atoms with Gasteiger partial charge in [0.1, 0.15) is 0 Å². The number of aryl methyl sites for hydroxylation is 1. The molecular weight excluding hydrogens is 380 g/mol. The Morgan fingerprint density at radius 3 is 2.30 bits per heavy atom. The van der Waals surface area contributed by atoms with Gasteiger partial charge in [-0.3, -0.25) is 14.4 Å². The average Bonchev–Trinajstić information content (AvgIpc) is 2.97. The molecule has 0 aliphatic carbocycles. The molecule has 2 aromatic rings. The summed E-state index contributed by atoms with van der Waals surface area (Å²) in [5.74, 6) is -0.913. The van der Waals surface area contributed by atoms with Gasteiger partial charge in [-0.05, 0) is 35.0 Å². The number of halogens is 1. The van der Waals surface area contributed by atoms with Crippen molar-refractivity contribution in [2.45, 2.75) is 19.8 Å². The first-order valence-corrected chi connectivity index (χ1v) is 8.60. The number of Topliss-reactive ketones (excluding diaryl/α,β-unsaturated/α-hetero) is 2. The van der Waals surface area contributed by atoms with Crippen molar-refractivity contribution in [3.8, 4) is 0 Å². The van der Waals surface area contributed by atoms with Crippen LogP contribution in [0.5, 0.6) is 0 Å². The molecule has 23 heavy (non-hydrogen) atoms. The highest BCUT2D eigenvalue weighted by Gasteiger charge is 2.14. The molecule has 6 heteroatoms. The van der Waals surface area contributed by atoms with Crippen LogP contribution in [0.1, 0.15) is 38.4 Å². The summed E-state index contributed by atoms with van der Waals surface area (Å²) in [6, 6.07) is 10.6. The monoisotopic (exact) mass is 394 g/mol. The Bertz CT molecular complexity index is 718. The van der Waals surface area contributed by atoms with E-state index in [2.05, 4.69) is 15.9 Å². The maximum atomic E-state index is 11.9. The standard InChI is InChI=1S/C17H15BrO4S/c1-11-2-4-12(5-3-11)13(19)6-9-17(21)22-10-14(20)15-7-8-16(18)23-15/h2-5,7-8H,6,9-10H2,1H3. The van der Waals surface area contributed by atoms with Crippen molar-refractivity contribution < 1.29 is 19.1 Å². The summed E-state index contributed by atoms with van der Waals surface area (Å²) in [5.41, 5.74) is 1.64. The zero-order valence-electron chi connectivity index (χ0n) is 12.5. The number of hydrogen-bond donors (Lipinski definition) is 0. The van der Waals surface area contributed by atoms with Crippen molar-refractivity contribution in [2.24, 2.45) is 0 Å². The van der Waals surface area contributed by atoms with Crippen LogP contribution in [0.4, 0.5) is 0 Å². The van der Waals surface area contributed by atoms with Gasteiger partial charge in [0.05, 0.1) is 15.1 Å². The summed E-state index contributed by atoms with van der Waals surface area (Å²) in [6.07, 6.45) is 0.0365. The van der Waals surface area contributed by atoms with E-state index < -0.39 is 5.97 Å². The topological polar surface area (TPSA) is 60.4 Å². The minimum atomic E-state index is -0.547. The van der Waals surface area contributed by atoms with Crippen LogP contribution in [0.15, 0.2) is 40.2 Å². The molecule has 0 amide bonds. The number of esters is 1. The molecule has 2 rings (SSSR count). The fourth-order valence-electron chi connectivity index (χ4n) is 1.85. The van der Waals surface area contributed by atoms with Crippen LogP contribution >= 0.6 is 27.3 Å². The lowest BCUT2D eigenvalue weighted by Gasteiger charge is -2.04. The van der Waals surface area contributed by atoms with Gasteiger partial charge in [-0.2, -0.15) is 0 Å². The Labute approximate surface area is 146 Å². The SMILES string of the molecule is Cc1ccc(C(=O)CCC(=O)OCC(=O)c2ccc(Br)s2)cc1. The van der Waals surface area contributed by atoms with E-state index in [9.17, 15) is 14.4 Å². The molecule has 0 N–H and O–H groups in total. The van der Waals surface area contributed by atoms with Gasteiger partial charge in [-0.25, -0.2) is 0 Å². The van der Waals surface area contributed by atoms with Crippen LogP contribution in [-0.2, 0) is 9.53 Å². The second kappa shape index (κ2) is 8.17. The fourth-order valence-corrected chi connectivity index (χ4v) is 3.16. The van der Waals surface area contributed by atoms with E-state index in [-0.39, 0.29) is 31.0 Å². The number of thiophene rings is 1. The third-order valence-corrected chi connectivity index (χ3v) is 4.81. The zero-order chi connectivity index (χ0) is 16.8. The molecule has 0 bridgehead atoms. The van der Waals surface area contributed by atoms with Gasteiger partial charge < -0.3 is 4.74 Å². The van der Waals surface area contributed by atoms with Crippen LogP contribution in [0.25, 0.3) is 0 Å². The van der Waals surface area contributed by atoms with Crippen LogP contribution in [0, 0.1) is 6.92 Å². The zero-order valence-corrected chi connectivity index (χ0v) is 14.9. The third kappa shape index (κ3) is 5.41. The van der Waals surface area contributed by atoms with Crippen LogP contribution in [-0.4, -0.2) is 24.1 Å². The van der Waals surface area contributed by atoms with Gasteiger partial charge in [-0.1, -0.05) is 29.8 Å². The summed E-state index contributed by atoms with van der Waals surface area (Å²) in [6.45, 7) is 1.64. The molecule has 0 fully saturated rings. The summed E-state index contributed by atoms with van der Waals surface area (Å²) in [4.78, 5) is 35.9. The number of ether oxygens (including phenoxy) is 1. The van der Waals surface area contributed by atoms with E-state index >= 15 is 0 Å². The third-order valence-electron chi connectivity index (χ3n) is 3.14. The highest BCUT2D eigenvalue weighted by Crippen LogP contribution is 2.22. The van der Waals surface area contributed by atoms with E-state index in [1.807, 2.05) is 19.1 Å². The molecule has 1 aromatic carbocycles. The number of rotatable bonds is 7. The van der Waals surface area contributed by atoms with Crippen molar-refractivity contribution in [3.63, 3.8) is 0 Å². The molecule has 0 aliphatic heterocycles. The van der Waals surface area contributed by atoms with Crippen molar-refractivity contribution in [3.05, 3.63) is 56.2 Å². The minimum Gasteiger partial charge on any atom is -0.457 e. The van der Waals surface area contributed by atoms with Gasteiger partial charge in [0.15, 0.2) is 12.4 Å². The molecule has 0 saturated carbocycles. The van der Waals surface area contributed by atoms with Crippen molar-refractivity contribution >= 4 is 44.8 Å². The molecule has 0 unspecified atom stereocenters. The quantitative estimate of drug-likeness (QED) is 0.521. The summed E-state index contributed by atoms with van der Waals surface area (Å²) < 4.78 is 5.77. The predicted molar refractivity (Wildman–Crippen MR) is 92.1 cm³/mol. The Balaban J connectivity index is 1.75. The molecule has 0 aliphatic rings. The van der Waals surface area contributed by atoms with Crippen molar-refractivity contribution in [1.82, 2.24) is 0 Å². The van der Waals surface area contributed by atoms with Crippen LogP contribution in [0.2, 0.25) is 0 Å². The van der Waals surface area contributed by atoms with E-state index in [0.717, 1.165) is 9.35 Å². The lowest BCUT2D eigenvalue weighted by molar-refractivity contribution is -0.142. The van der Waals surface area contributed by atoms with Gasteiger partial charge in [0, 0.05) is 12.0 Å². The van der Waals surface area contributed by atoms with E-state index in [0.29, 0.717) is 10.4 Å². The number of ketones is 2. The summed E-state index contributed by atoms with van der Waals surface area (Å²) in [5, 5.41) is 0. The predicted octanol–water partition coefficient (Wildman–Crippen LogP) is 4.21. The van der Waals surface area contributed by atoms with Crippen LogP contribution in [0.3, 0.4) is 0 Å². The Hall–Kier alpha value is -1.79. The second-order valence-electron chi connectivity index (χ2n) is 4.98. The largest absolute Gasteiger partial charge is 0.457 e. The first kappa shape index (κ1) is 17.6. The van der Waals surface area contributed by atoms with Gasteiger partial charge >= 0.3 is 5.97 Å². The first-order chi connectivity index (χ1) is 11.0. The van der Waals surface area contributed by atoms with Gasteiger partial charge in [-0.15, -0.1) is 11.3 Å². The van der Waals surface area contributed by atoms with Gasteiger partial charge in [0.2, 0.25) is 5.78 Å². The molecule has 120 valence electrons. The molecule has 0 radical (unpaired) electrons. The molecule has 1 heterocycles. The van der Waals surface area contributed by atoms with Crippen LogP contribution < -0.4 is 0 Å². The lowest BCUT2D eigenvalue weighted by atomic mass is 10.1. The highest BCUT2D eigenvalue weighted by atomic mass is 79.9.